The van der Waals surface area contributed by atoms with Crippen LogP contribution in [-0.4, -0.2) is 0 Å². The molecule has 0 bridgehead atoms. The third-order valence-electron chi connectivity index (χ3n) is 7.64. The molecule has 210 valence electrons. The number of benzene rings is 8. The van der Waals surface area contributed by atoms with E-state index in [0.717, 1.165) is 0 Å². The molecule has 0 N–H and O–H groups in total. The smallest absolute Gasteiger partial charge is 0.143 e. The van der Waals surface area contributed by atoms with E-state index in [9.17, 15) is 8.22 Å². The van der Waals surface area contributed by atoms with E-state index in [0.29, 0.717) is 5.56 Å². The topological polar surface area (TPSA) is 13.1 Å². The van der Waals surface area contributed by atoms with Gasteiger partial charge in [0.1, 0.15) is 11.3 Å². The molecule has 0 aliphatic carbocycles. The molecule has 1 heterocycles. The molecule has 1 nitrogen and oxygen atoms in total. The molecule has 0 saturated carbocycles. The van der Waals surface area contributed by atoms with E-state index in [4.69, 9.17) is 23.6 Å². The van der Waals surface area contributed by atoms with Crippen molar-refractivity contribution >= 4 is 43.3 Å². The molecule has 0 fully saturated rings. The lowest BCUT2D eigenvalue weighted by Crippen LogP contribution is -1.91. The summed E-state index contributed by atoms with van der Waals surface area (Å²) < 4.78 is 184. The summed E-state index contributed by atoms with van der Waals surface area (Å²) >= 11 is 0. The largest absolute Gasteiger partial charge is 0.455 e. The Kier molecular flexibility index (Phi) is 2.90. The Hall–Kier alpha value is -5.92. The van der Waals surface area contributed by atoms with Gasteiger partial charge in [0.15, 0.2) is 0 Å². The van der Waals surface area contributed by atoms with Crippen molar-refractivity contribution in [3.8, 4) is 44.7 Å². The van der Waals surface area contributed by atoms with Crippen LogP contribution in [0.15, 0.2) is 174 Å². The van der Waals surface area contributed by atoms with Crippen molar-refractivity contribution in [1.82, 2.24) is 0 Å². The van der Waals surface area contributed by atoms with Crippen molar-refractivity contribution in [3.63, 3.8) is 0 Å². The molecule has 0 spiro atoms. The summed E-state index contributed by atoms with van der Waals surface area (Å²) in [4.78, 5) is 0. The highest BCUT2D eigenvalue weighted by molar-refractivity contribution is 6.25. The number of rotatable bonds is 4. The van der Waals surface area contributed by atoms with Crippen LogP contribution in [0.4, 0.5) is 0 Å². The minimum atomic E-state index is -0.767. The van der Waals surface area contributed by atoms with Crippen LogP contribution in [0.1, 0.15) is 27.4 Å². The summed E-state index contributed by atoms with van der Waals surface area (Å²) in [7, 11) is 0. The normalized spacial score (nSPS) is 17.8. The van der Waals surface area contributed by atoms with Crippen LogP contribution >= 0.6 is 0 Å². The highest BCUT2D eigenvalue weighted by Gasteiger charge is 2.24. The van der Waals surface area contributed by atoms with Crippen LogP contribution in [0.25, 0.3) is 88.0 Å². The van der Waals surface area contributed by atoms with Crippen LogP contribution in [0.2, 0.25) is 0 Å². The van der Waals surface area contributed by atoms with E-state index in [1.165, 1.54) is 18.2 Å². The average molecular weight is 593 g/mol. The molecule has 9 aromatic rings. The lowest BCUT2D eigenvalue weighted by Gasteiger charge is -2.18. The number of hydrogen-bond donors (Lipinski definition) is 0. The molecule has 1 heteroatoms. The van der Waals surface area contributed by atoms with Crippen LogP contribution in [0, 0.1) is 0 Å². The Bertz CT molecular complexity index is 3540. The first kappa shape index (κ1) is 12.6. The summed E-state index contributed by atoms with van der Waals surface area (Å²) in [6, 6.07) is -1.09. The van der Waals surface area contributed by atoms with E-state index in [2.05, 4.69) is 0 Å². The standard InChI is InChI=1S/C44H28O/c1-3-13-29(14-4-1)33-25-26-39-40(28-33)45-44(34-24-23-30-15-7-8-18-32(30)27-34)43(39)42-37-21-11-9-19-35(37)41(31-16-5-2-6-17-31)36-20-10-12-22-38(36)42/h1-28H/i1D,3D,4D,7D,8D,9D,10D,11D,12D,13D,14D,15D,18D,19D,20D,21D,22D,23D,24D,27D. The summed E-state index contributed by atoms with van der Waals surface area (Å²) in [5.41, 5.74) is -1.01. The Morgan fingerprint density at radius 3 is 1.73 bits per heavy atom. The molecule has 0 aliphatic heterocycles. The molecule has 0 radical (unpaired) electrons. The minimum Gasteiger partial charge on any atom is -0.455 e. The maximum atomic E-state index is 9.54. The first-order valence-corrected chi connectivity index (χ1v) is 13.8. The maximum absolute atomic E-state index is 9.54. The van der Waals surface area contributed by atoms with Gasteiger partial charge in [-0.1, -0.05) is 151 Å². The lowest BCUT2D eigenvalue weighted by atomic mass is 9.84. The fourth-order valence-corrected chi connectivity index (χ4v) is 5.73. The van der Waals surface area contributed by atoms with Gasteiger partial charge in [0.05, 0.1) is 27.4 Å². The van der Waals surface area contributed by atoms with Crippen molar-refractivity contribution in [2.45, 2.75) is 0 Å². The molecule has 0 unspecified atom stereocenters. The van der Waals surface area contributed by atoms with Gasteiger partial charge in [0, 0.05) is 22.1 Å². The lowest BCUT2D eigenvalue weighted by molar-refractivity contribution is 0.633. The quantitative estimate of drug-likeness (QED) is 0.185. The Balaban J connectivity index is 1.60. The second kappa shape index (κ2) is 10.4. The fraction of sp³-hybridized carbons (Fsp3) is 0. The maximum Gasteiger partial charge on any atom is 0.143 e. The Labute approximate surface area is 289 Å². The number of hydrogen-bond acceptors (Lipinski definition) is 1. The van der Waals surface area contributed by atoms with Crippen molar-refractivity contribution in [2.75, 3.05) is 0 Å². The van der Waals surface area contributed by atoms with Crippen molar-refractivity contribution in [3.05, 3.63) is 169 Å². The minimum absolute atomic E-state index is 0.0198. The van der Waals surface area contributed by atoms with Gasteiger partial charge in [0.25, 0.3) is 0 Å². The highest BCUT2D eigenvalue weighted by Crippen LogP contribution is 2.50. The zero-order valence-corrected chi connectivity index (χ0v) is 23.0. The summed E-state index contributed by atoms with van der Waals surface area (Å²) in [6.45, 7) is 0. The molecular weight excluding hydrogens is 544 g/mol. The van der Waals surface area contributed by atoms with E-state index < -0.39 is 143 Å². The predicted octanol–water partition coefficient (Wildman–Crippen LogP) is 12.6. The van der Waals surface area contributed by atoms with Crippen molar-refractivity contribution in [1.29, 1.82) is 0 Å². The van der Waals surface area contributed by atoms with Gasteiger partial charge < -0.3 is 4.42 Å². The van der Waals surface area contributed by atoms with E-state index in [-0.39, 0.29) is 60.3 Å². The van der Waals surface area contributed by atoms with Gasteiger partial charge >= 0.3 is 0 Å². The third-order valence-corrected chi connectivity index (χ3v) is 7.64. The molecule has 0 atom stereocenters. The van der Waals surface area contributed by atoms with Gasteiger partial charge in [-0.15, -0.1) is 0 Å². The van der Waals surface area contributed by atoms with Gasteiger partial charge in [-0.2, -0.15) is 0 Å². The summed E-state index contributed by atoms with van der Waals surface area (Å²) in [5.74, 6) is -0.481. The molecule has 9 rings (SSSR count). The Morgan fingerprint density at radius 1 is 0.400 bits per heavy atom. The highest BCUT2D eigenvalue weighted by atomic mass is 16.3. The molecule has 0 amide bonds. The second-order valence-corrected chi connectivity index (χ2v) is 10.1. The van der Waals surface area contributed by atoms with E-state index in [1.807, 2.05) is 0 Å². The monoisotopic (exact) mass is 592 g/mol. The van der Waals surface area contributed by atoms with Crippen molar-refractivity contribution in [2.24, 2.45) is 0 Å². The van der Waals surface area contributed by atoms with Gasteiger partial charge in [-0.05, 0) is 72.7 Å². The molecule has 45 heavy (non-hydrogen) atoms. The fourth-order valence-electron chi connectivity index (χ4n) is 5.73. The van der Waals surface area contributed by atoms with E-state index >= 15 is 0 Å². The zero-order valence-electron chi connectivity index (χ0n) is 43.0. The first-order chi connectivity index (χ1) is 30.6. The Morgan fingerprint density at radius 2 is 1.02 bits per heavy atom. The zero-order chi connectivity index (χ0) is 47.1. The number of fused-ring (bicyclic) bond motifs is 4. The third kappa shape index (κ3) is 4.17. The van der Waals surface area contributed by atoms with Gasteiger partial charge in [0.2, 0.25) is 0 Å². The molecule has 0 aliphatic rings. The van der Waals surface area contributed by atoms with Crippen LogP contribution < -0.4 is 0 Å². The van der Waals surface area contributed by atoms with E-state index in [1.54, 1.807) is 30.3 Å². The first-order valence-electron chi connectivity index (χ1n) is 23.8. The second-order valence-electron chi connectivity index (χ2n) is 10.1. The van der Waals surface area contributed by atoms with Crippen LogP contribution in [-0.2, 0) is 0 Å². The molecular formula is C44H28O. The molecule has 0 saturated heterocycles. The van der Waals surface area contributed by atoms with Gasteiger partial charge in [-0.3, -0.25) is 0 Å². The van der Waals surface area contributed by atoms with Crippen molar-refractivity contribution < 1.29 is 31.8 Å². The van der Waals surface area contributed by atoms with Gasteiger partial charge in [-0.25, -0.2) is 0 Å². The summed E-state index contributed by atoms with van der Waals surface area (Å²) in [6.07, 6.45) is 0. The molecule has 8 aromatic carbocycles. The molecule has 1 aromatic heterocycles. The summed E-state index contributed by atoms with van der Waals surface area (Å²) in [5, 5.41) is -1.76. The van der Waals surface area contributed by atoms with Crippen LogP contribution in [0.3, 0.4) is 0 Å². The van der Waals surface area contributed by atoms with Crippen LogP contribution in [0.5, 0.6) is 0 Å². The SMILES string of the molecule is [2H]c1c([2H])c([2H])c(-c2ccc3c(-c4c5c([2H])c([2H])c([2H])c([2H])c5c(-c5ccccc5)c5c([2H])c([2H])c([2H])c([2H])c45)c(-c4c([2H])c([2H])c5c([2H])c([2H])c([2H])c([2H])c5c4[2H])oc3c2)c([2H])c1[2H]. The average Bonchev–Trinajstić information content (AvgIpc) is 3.66. The number of furan rings is 1. The predicted molar refractivity (Wildman–Crippen MR) is 190 cm³/mol.